The highest BCUT2D eigenvalue weighted by Crippen LogP contribution is 2.44. The van der Waals surface area contributed by atoms with Gasteiger partial charge in [0.2, 0.25) is 5.91 Å². The van der Waals surface area contributed by atoms with Gasteiger partial charge >= 0.3 is 12.1 Å². The van der Waals surface area contributed by atoms with Crippen molar-refractivity contribution in [3.8, 4) is 11.1 Å². The highest BCUT2D eigenvalue weighted by Gasteiger charge is 2.45. The maximum atomic E-state index is 12.9. The third-order valence-corrected chi connectivity index (χ3v) is 6.67. The SMILES string of the molecule is C[C@H](NC(=O)OCC1c2ccccc2-c2ccccc21)C(=O)N1CCCCC1(C)C(=O)O. The first kappa shape index (κ1) is 21.9. The molecule has 1 heterocycles. The summed E-state index contributed by atoms with van der Waals surface area (Å²) < 4.78 is 5.51. The van der Waals surface area contributed by atoms with Crippen molar-refractivity contribution in [3.63, 3.8) is 0 Å². The number of carboxylic acids is 1. The molecule has 32 heavy (non-hydrogen) atoms. The van der Waals surface area contributed by atoms with Gasteiger partial charge in [-0.2, -0.15) is 0 Å². The quantitative estimate of drug-likeness (QED) is 0.744. The van der Waals surface area contributed by atoms with Crippen molar-refractivity contribution in [2.24, 2.45) is 0 Å². The predicted octanol–water partition coefficient (Wildman–Crippen LogP) is 3.77. The monoisotopic (exact) mass is 436 g/mol. The number of hydrogen-bond acceptors (Lipinski definition) is 4. The summed E-state index contributed by atoms with van der Waals surface area (Å²) in [7, 11) is 0. The van der Waals surface area contributed by atoms with Crippen molar-refractivity contribution in [1.82, 2.24) is 10.2 Å². The minimum absolute atomic E-state index is 0.0726. The molecule has 1 saturated heterocycles. The molecule has 2 aliphatic rings. The van der Waals surface area contributed by atoms with Crippen LogP contribution in [-0.4, -0.2) is 52.7 Å². The van der Waals surface area contributed by atoms with Crippen LogP contribution in [0.5, 0.6) is 0 Å². The standard InChI is InChI=1S/C25H28N2O5/c1-16(22(28)27-14-8-7-13-25(27,2)23(29)30)26-24(31)32-15-21-19-11-5-3-9-17(19)18-10-4-6-12-20(18)21/h3-6,9-12,16,21H,7-8,13-15H2,1-2H3,(H,26,31)(H,29,30)/t16-,25?/m0/s1. The van der Waals surface area contributed by atoms with Crippen molar-refractivity contribution < 1.29 is 24.2 Å². The maximum Gasteiger partial charge on any atom is 0.407 e. The van der Waals surface area contributed by atoms with Crippen LogP contribution in [0.3, 0.4) is 0 Å². The number of carbonyl (C=O) groups excluding carboxylic acids is 2. The maximum absolute atomic E-state index is 12.9. The first-order valence-electron chi connectivity index (χ1n) is 11.0. The van der Waals surface area contributed by atoms with Gasteiger partial charge in [0.15, 0.2) is 0 Å². The largest absolute Gasteiger partial charge is 0.480 e. The van der Waals surface area contributed by atoms with E-state index in [4.69, 9.17) is 4.74 Å². The summed E-state index contributed by atoms with van der Waals surface area (Å²) in [6.45, 7) is 3.63. The van der Waals surface area contributed by atoms with E-state index in [0.717, 1.165) is 35.1 Å². The molecule has 2 aromatic rings. The number of alkyl carbamates (subject to hydrolysis) is 1. The Balaban J connectivity index is 1.40. The number of likely N-dealkylation sites (tertiary alicyclic amines) is 1. The predicted molar refractivity (Wildman–Crippen MR) is 119 cm³/mol. The van der Waals surface area contributed by atoms with E-state index in [9.17, 15) is 19.5 Å². The van der Waals surface area contributed by atoms with Gasteiger partial charge in [0.05, 0.1) is 0 Å². The average Bonchev–Trinajstić information content (AvgIpc) is 3.11. The zero-order valence-electron chi connectivity index (χ0n) is 18.3. The molecule has 0 spiro atoms. The lowest BCUT2D eigenvalue weighted by Gasteiger charge is -2.42. The average molecular weight is 437 g/mol. The van der Waals surface area contributed by atoms with E-state index in [-0.39, 0.29) is 12.5 Å². The van der Waals surface area contributed by atoms with E-state index in [2.05, 4.69) is 17.4 Å². The Morgan fingerprint density at radius 2 is 1.69 bits per heavy atom. The van der Waals surface area contributed by atoms with Crippen LogP contribution in [0.25, 0.3) is 11.1 Å². The van der Waals surface area contributed by atoms with Crippen LogP contribution >= 0.6 is 0 Å². The summed E-state index contributed by atoms with van der Waals surface area (Å²) in [6, 6.07) is 15.2. The number of ether oxygens (including phenoxy) is 1. The van der Waals surface area contributed by atoms with Crippen LogP contribution in [0.4, 0.5) is 4.79 Å². The van der Waals surface area contributed by atoms with Crippen LogP contribution < -0.4 is 5.32 Å². The van der Waals surface area contributed by atoms with Gasteiger partial charge in [-0.3, -0.25) is 4.79 Å². The Morgan fingerprint density at radius 1 is 1.09 bits per heavy atom. The fraction of sp³-hybridized carbons (Fsp3) is 0.400. The second-order valence-electron chi connectivity index (χ2n) is 8.72. The fourth-order valence-electron chi connectivity index (χ4n) is 4.81. The van der Waals surface area contributed by atoms with E-state index in [0.29, 0.717) is 13.0 Å². The lowest BCUT2D eigenvalue weighted by molar-refractivity contribution is -0.161. The third kappa shape index (κ3) is 3.83. The van der Waals surface area contributed by atoms with Gasteiger partial charge in [-0.25, -0.2) is 9.59 Å². The van der Waals surface area contributed by atoms with Crippen molar-refractivity contribution in [2.45, 2.75) is 50.6 Å². The molecular weight excluding hydrogens is 408 g/mol. The Labute approximate surface area is 187 Å². The summed E-state index contributed by atoms with van der Waals surface area (Å²) in [5.41, 5.74) is 3.23. The number of hydrogen-bond donors (Lipinski definition) is 2. The highest BCUT2D eigenvalue weighted by molar-refractivity contribution is 5.91. The second kappa shape index (κ2) is 8.65. The van der Waals surface area contributed by atoms with Crippen LogP contribution in [0.15, 0.2) is 48.5 Å². The summed E-state index contributed by atoms with van der Waals surface area (Å²) in [6.07, 6.45) is 1.19. The summed E-state index contributed by atoms with van der Waals surface area (Å²) in [4.78, 5) is 38.6. The normalized spacial score (nSPS) is 20.8. The molecule has 168 valence electrons. The van der Waals surface area contributed by atoms with E-state index in [1.165, 1.54) is 4.90 Å². The molecule has 1 aliphatic carbocycles. The number of carbonyl (C=O) groups is 3. The molecule has 1 unspecified atom stereocenters. The molecule has 2 aromatic carbocycles. The highest BCUT2D eigenvalue weighted by atomic mass is 16.5. The lowest BCUT2D eigenvalue weighted by Crippen LogP contribution is -2.61. The Bertz CT molecular complexity index is 1010. The summed E-state index contributed by atoms with van der Waals surface area (Å²) in [5.74, 6) is -1.52. The Morgan fingerprint density at radius 3 is 2.28 bits per heavy atom. The van der Waals surface area contributed by atoms with Gasteiger partial charge in [0.25, 0.3) is 0 Å². The fourth-order valence-corrected chi connectivity index (χ4v) is 4.81. The zero-order chi connectivity index (χ0) is 22.9. The number of fused-ring (bicyclic) bond motifs is 3. The number of carboxylic acid groups (broad SMARTS) is 1. The first-order chi connectivity index (χ1) is 15.3. The lowest BCUT2D eigenvalue weighted by atomic mass is 9.88. The smallest absolute Gasteiger partial charge is 0.407 e. The minimum atomic E-state index is -1.26. The zero-order valence-corrected chi connectivity index (χ0v) is 18.3. The molecule has 0 saturated carbocycles. The van der Waals surface area contributed by atoms with Crippen molar-refractivity contribution >= 4 is 18.0 Å². The molecule has 2 atom stereocenters. The number of nitrogens with zero attached hydrogens (tertiary/aromatic N) is 1. The molecule has 0 aromatic heterocycles. The van der Waals surface area contributed by atoms with Gasteiger partial charge in [0, 0.05) is 12.5 Å². The van der Waals surface area contributed by atoms with E-state index in [1.54, 1.807) is 13.8 Å². The Kier molecular flexibility index (Phi) is 5.91. The molecule has 1 fully saturated rings. The van der Waals surface area contributed by atoms with Crippen LogP contribution in [0, 0.1) is 0 Å². The van der Waals surface area contributed by atoms with Gasteiger partial charge in [-0.15, -0.1) is 0 Å². The number of amides is 2. The minimum Gasteiger partial charge on any atom is -0.480 e. The van der Waals surface area contributed by atoms with E-state index >= 15 is 0 Å². The van der Waals surface area contributed by atoms with Crippen LogP contribution in [-0.2, 0) is 14.3 Å². The van der Waals surface area contributed by atoms with Gasteiger partial charge < -0.3 is 20.1 Å². The third-order valence-electron chi connectivity index (χ3n) is 6.67. The number of benzene rings is 2. The second-order valence-corrected chi connectivity index (χ2v) is 8.72. The van der Waals surface area contributed by atoms with Gasteiger partial charge in [0.1, 0.15) is 18.2 Å². The first-order valence-corrected chi connectivity index (χ1v) is 11.0. The van der Waals surface area contributed by atoms with Crippen LogP contribution in [0.2, 0.25) is 0 Å². The molecule has 2 amide bonds. The van der Waals surface area contributed by atoms with E-state index < -0.39 is 29.6 Å². The molecule has 2 N–H and O–H groups in total. The molecule has 1 aliphatic heterocycles. The van der Waals surface area contributed by atoms with Crippen molar-refractivity contribution in [2.75, 3.05) is 13.2 Å². The van der Waals surface area contributed by atoms with Gasteiger partial charge in [-0.1, -0.05) is 48.5 Å². The van der Waals surface area contributed by atoms with Crippen LogP contribution in [0.1, 0.15) is 50.2 Å². The summed E-state index contributed by atoms with van der Waals surface area (Å²) >= 11 is 0. The van der Waals surface area contributed by atoms with Crippen molar-refractivity contribution in [3.05, 3.63) is 59.7 Å². The molecule has 0 radical (unpaired) electrons. The number of aliphatic carboxylic acids is 1. The number of piperidine rings is 1. The topological polar surface area (TPSA) is 95.9 Å². The molecular formula is C25H28N2O5. The number of nitrogens with one attached hydrogen (secondary N) is 1. The number of rotatable bonds is 5. The molecule has 0 bridgehead atoms. The van der Waals surface area contributed by atoms with Crippen molar-refractivity contribution in [1.29, 1.82) is 0 Å². The Hall–Kier alpha value is -3.35. The molecule has 7 heteroatoms. The molecule has 7 nitrogen and oxygen atoms in total. The van der Waals surface area contributed by atoms with E-state index in [1.807, 2.05) is 36.4 Å². The van der Waals surface area contributed by atoms with Gasteiger partial charge in [-0.05, 0) is 55.4 Å². The summed E-state index contributed by atoms with van der Waals surface area (Å²) in [5, 5.41) is 12.2. The molecule has 4 rings (SSSR count).